The summed E-state index contributed by atoms with van der Waals surface area (Å²) < 4.78 is 5.23. The van der Waals surface area contributed by atoms with Crippen molar-refractivity contribution >= 4 is 21.9 Å². The van der Waals surface area contributed by atoms with Crippen LogP contribution in [0.25, 0.3) is 0 Å². The number of rotatable bonds is 0. The van der Waals surface area contributed by atoms with Gasteiger partial charge in [0.2, 0.25) is 0 Å². The summed E-state index contributed by atoms with van der Waals surface area (Å²) in [4.78, 5) is 3.58. The average molecular weight is 163 g/mol. The molecule has 0 aliphatic rings. The van der Waals surface area contributed by atoms with Crippen molar-refractivity contribution in [1.82, 2.24) is 4.98 Å². The van der Waals surface area contributed by atoms with Gasteiger partial charge in [0.25, 0.3) is 6.01 Å². The van der Waals surface area contributed by atoms with E-state index in [2.05, 4.69) is 25.3 Å². The number of hydrogen-bond donors (Lipinski definition) is 1. The number of nitrogens with two attached hydrogens (primary N) is 1. The topological polar surface area (TPSA) is 52.0 Å². The lowest BCUT2D eigenvalue weighted by molar-refractivity contribution is 0.555. The van der Waals surface area contributed by atoms with E-state index in [1.807, 2.05) is 0 Å². The molecule has 0 radical (unpaired) electrons. The summed E-state index contributed by atoms with van der Waals surface area (Å²) in [6.45, 7) is 0. The highest BCUT2D eigenvalue weighted by Gasteiger charge is 1.90. The van der Waals surface area contributed by atoms with E-state index in [1.54, 1.807) is 0 Å². The molecule has 0 aliphatic carbocycles. The maximum absolute atomic E-state index is 5.07. The van der Waals surface area contributed by atoms with Crippen LogP contribution in [0.4, 0.5) is 6.01 Å². The van der Waals surface area contributed by atoms with E-state index in [0.29, 0.717) is 4.67 Å². The second kappa shape index (κ2) is 1.54. The fraction of sp³-hybridized carbons (Fsp3) is 0. The molecule has 38 valence electrons. The monoisotopic (exact) mass is 162 g/mol. The molecule has 7 heavy (non-hydrogen) atoms. The van der Waals surface area contributed by atoms with Gasteiger partial charge in [0, 0.05) is 0 Å². The normalized spacial score (nSPS) is 9.29. The van der Waals surface area contributed by atoms with Crippen LogP contribution >= 0.6 is 15.9 Å². The lowest BCUT2D eigenvalue weighted by Crippen LogP contribution is -1.79. The summed E-state index contributed by atoms with van der Waals surface area (Å²) in [6.07, 6.45) is 1.50. The molecular weight excluding hydrogens is 160 g/mol. The number of nitrogens with zero attached hydrogens (tertiary/aromatic N) is 1. The van der Waals surface area contributed by atoms with E-state index in [4.69, 9.17) is 5.73 Å². The minimum atomic E-state index is 0.187. The average Bonchev–Trinajstić information content (AvgIpc) is 1.87. The van der Waals surface area contributed by atoms with Crippen molar-refractivity contribution in [2.24, 2.45) is 0 Å². The number of aromatic nitrogens is 1. The van der Waals surface area contributed by atoms with Crippen LogP contribution in [0.5, 0.6) is 0 Å². The number of oxazole rings is 1. The van der Waals surface area contributed by atoms with Crippen molar-refractivity contribution in [1.29, 1.82) is 0 Å². The van der Waals surface area contributed by atoms with Crippen molar-refractivity contribution < 1.29 is 4.42 Å². The van der Waals surface area contributed by atoms with Crippen molar-refractivity contribution in [3.05, 3.63) is 10.9 Å². The Bertz CT molecular complexity index is 145. The van der Waals surface area contributed by atoms with E-state index < -0.39 is 0 Å². The Labute approximate surface area is 48.7 Å². The minimum absolute atomic E-state index is 0.187. The third-order valence-electron chi connectivity index (χ3n) is 0.495. The first-order valence-corrected chi connectivity index (χ1v) is 2.45. The Kier molecular flexibility index (Phi) is 1.02. The van der Waals surface area contributed by atoms with E-state index >= 15 is 0 Å². The smallest absolute Gasteiger partial charge is 0.292 e. The zero-order chi connectivity index (χ0) is 5.28. The van der Waals surface area contributed by atoms with Gasteiger partial charge in [-0.05, 0) is 15.9 Å². The van der Waals surface area contributed by atoms with E-state index in [0.717, 1.165) is 0 Å². The van der Waals surface area contributed by atoms with Crippen LogP contribution in [-0.4, -0.2) is 4.98 Å². The molecule has 0 saturated carbocycles. The SMILES string of the molecule is Nc1ncc(Br)o1. The van der Waals surface area contributed by atoms with Crippen LogP contribution in [0.15, 0.2) is 15.3 Å². The molecule has 2 N–H and O–H groups in total. The summed E-state index contributed by atoms with van der Waals surface area (Å²) in [5, 5.41) is 0. The molecule has 1 aromatic rings. The van der Waals surface area contributed by atoms with Gasteiger partial charge in [-0.25, -0.2) is 4.98 Å². The molecule has 0 fully saturated rings. The van der Waals surface area contributed by atoms with Crippen LogP contribution in [0.3, 0.4) is 0 Å². The highest BCUT2D eigenvalue weighted by atomic mass is 79.9. The molecule has 0 atom stereocenters. The highest BCUT2D eigenvalue weighted by Crippen LogP contribution is 2.10. The highest BCUT2D eigenvalue weighted by molar-refractivity contribution is 9.10. The summed E-state index contributed by atoms with van der Waals surface area (Å²) in [5.74, 6) is 0. The first-order valence-electron chi connectivity index (χ1n) is 1.66. The molecule has 0 amide bonds. The maximum Gasteiger partial charge on any atom is 0.292 e. The van der Waals surface area contributed by atoms with Crippen molar-refractivity contribution in [3.8, 4) is 0 Å². The Morgan fingerprint density at radius 2 is 2.57 bits per heavy atom. The zero-order valence-electron chi connectivity index (χ0n) is 3.39. The number of anilines is 1. The molecule has 3 nitrogen and oxygen atoms in total. The molecule has 1 aromatic heterocycles. The number of halogens is 1. The minimum Gasteiger partial charge on any atom is -0.417 e. The van der Waals surface area contributed by atoms with Crippen LogP contribution in [0, 0.1) is 0 Å². The van der Waals surface area contributed by atoms with Gasteiger partial charge in [-0.15, -0.1) is 0 Å². The van der Waals surface area contributed by atoms with Gasteiger partial charge in [0.1, 0.15) is 0 Å². The molecule has 0 spiro atoms. The largest absolute Gasteiger partial charge is 0.417 e. The third-order valence-corrected chi connectivity index (χ3v) is 0.862. The summed E-state index contributed by atoms with van der Waals surface area (Å²) in [5.41, 5.74) is 5.07. The predicted molar refractivity (Wildman–Crippen MR) is 28.6 cm³/mol. The zero-order valence-corrected chi connectivity index (χ0v) is 4.97. The second-order valence-corrected chi connectivity index (χ2v) is 1.78. The molecule has 0 saturated heterocycles. The van der Waals surface area contributed by atoms with Gasteiger partial charge < -0.3 is 10.2 Å². The third kappa shape index (κ3) is 0.928. The predicted octanol–water partition coefficient (Wildman–Crippen LogP) is 1.02. The van der Waals surface area contributed by atoms with Crippen LogP contribution < -0.4 is 5.73 Å². The molecule has 1 rings (SSSR count). The fourth-order valence-electron chi connectivity index (χ4n) is 0.267. The van der Waals surface area contributed by atoms with Crippen molar-refractivity contribution in [3.63, 3.8) is 0 Å². The second-order valence-electron chi connectivity index (χ2n) is 1.00. The Morgan fingerprint density at radius 3 is 2.71 bits per heavy atom. The lowest BCUT2D eigenvalue weighted by atomic mass is 11.0. The van der Waals surface area contributed by atoms with Crippen LogP contribution in [0.2, 0.25) is 0 Å². The summed E-state index contributed by atoms with van der Waals surface area (Å²) in [6, 6.07) is 0.187. The lowest BCUT2D eigenvalue weighted by Gasteiger charge is -1.72. The van der Waals surface area contributed by atoms with Crippen LogP contribution in [0.1, 0.15) is 0 Å². The fourth-order valence-corrected chi connectivity index (χ4v) is 0.535. The number of nitrogen functional groups attached to an aromatic ring is 1. The standard InChI is InChI=1S/C3H3BrN2O/c4-2-1-6-3(5)7-2/h1H,(H2,5,6). The van der Waals surface area contributed by atoms with E-state index in [9.17, 15) is 0 Å². The Hall–Kier alpha value is -0.510. The van der Waals surface area contributed by atoms with Crippen LogP contribution in [-0.2, 0) is 0 Å². The van der Waals surface area contributed by atoms with E-state index in [1.165, 1.54) is 6.20 Å². The molecule has 1 heterocycles. The Balaban J connectivity index is 3.04. The van der Waals surface area contributed by atoms with Gasteiger partial charge in [-0.1, -0.05) is 0 Å². The molecule has 0 unspecified atom stereocenters. The van der Waals surface area contributed by atoms with Gasteiger partial charge in [0.05, 0.1) is 6.20 Å². The quantitative estimate of drug-likeness (QED) is 0.620. The molecule has 0 bridgehead atoms. The van der Waals surface area contributed by atoms with E-state index in [-0.39, 0.29) is 6.01 Å². The molecule has 0 aliphatic heterocycles. The molecule has 4 heteroatoms. The Morgan fingerprint density at radius 1 is 1.86 bits per heavy atom. The van der Waals surface area contributed by atoms with Gasteiger partial charge in [-0.3, -0.25) is 0 Å². The van der Waals surface area contributed by atoms with Crippen molar-refractivity contribution in [2.45, 2.75) is 0 Å². The molecule has 0 aromatic carbocycles. The first-order chi connectivity index (χ1) is 3.29. The maximum atomic E-state index is 5.07. The summed E-state index contributed by atoms with van der Waals surface area (Å²) in [7, 11) is 0. The van der Waals surface area contributed by atoms with Crippen molar-refractivity contribution in [2.75, 3.05) is 5.73 Å². The molecular formula is C3H3BrN2O. The van der Waals surface area contributed by atoms with Gasteiger partial charge >= 0.3 is 0 Å². The number of hydrogen-bond acceptors (Lipinski definition) is 3. The summed E-state index contributed by atoms with van der Waals surface area (Å²) >= 11 is 3.02. The van der Waals surface area contributed by atoms with Gasteiger partial charge in [-0.2, -0.15) is 0 Å². The van der Waals surface area contributed by atoms with Gasteiger partial charge in [0.15, 0.2) is 4.67 Å². The first kappa shape index (κ1) is 4.64.